The van der Waals surface area contributed by atoms with Gasteiger partial charge < -0.3 is 29.2 Å². The molecule has 0 unspecified atom stereocenters. The second kappa shape index (κ2) is 13.2. The van der Waals surface area contributed by atoms with Crippen LogP contribution < -0.4 is 40.0 Å². The van der Waals surface area contributed by atoms with Gasteiger partial charge in [0.25, 0.3) is 5.91 Å². The van der Waals surface area contributed by atoms with Crippen LogP contribution in [0.25, 0.3) is 0 Å². The van der Waals surface area contributed by atoms with E-state index in [0.29, 0.717) is 40.9 Å². The molecule has 11 heteroatoms. The number of amides is 3. The molecule has 11 nitrogen and oxygen atoms in total. The quantitative estimate of drug-likeness (QED) is 0.293. The molecule has 1 fully saturated rings. The lowest BCUT2D eigenvalue weighted by Gasteiger charge is -2.19. The van der Waals surface area contributed by atoms with Crippen LogP contribution in [-0.2, 0) is 14.4 Å². The number of nitrogens with one attached hydrogen (secondary N) is 3. The van der Waals surface area contributed by atoms with E-state index in [2.05, 4.69) is 16.2 Å². The van der Waals surface area contributed by atoms with E-state index < -0.39 is 5.92 Å². The zero-order valence-electron chi connectivity index (χ0n) is 22.6. The maximum Gasteiger partial charge on any atom is 0.262 e. The van der Waals surface area contributed by atoms with Crippen molar-refractivity contribution in [3.8, 4) is 23.0 Å². The molecule has 1 atom stereocenters. The molecular weight excluding hydrogens is 516 g/mol. The average molecular weight is 549 g/mol. The second-order valence-corrected chi connectivity index (χ2v) is 8.85. The van der Waals surface area contributed by atoms with Crippen molar-refractivity contribution in [3.05, 3.63) is 66.7 Å². The Morgan fingerprint density at radius 3 is 2.33 bits per heavy atom. The Morgan fingerprint density at radius 1 is 0.925 bits per heavy atom. The third-order valence-electron chi connectivity index (χ3n) is 6.20. The molecule has 0 aromatic heterocycles. The molecule has 0 aliphatic carbocycles. The molecule has 0 spiro atoms. The van der Waals surface area contributed by atoms with Gasteiger partial charge in [0.15, 0.2) is 18.1 Å². The third kappa shape index (κ3) is 6.93. The van der Waals surface area contributed by atoms with Crippen molar-refractivity contribution < 1.29 is 33.3 Å². The summed E-state index contributed by atoms with van der Waals surface area (Å²) in [6.45, 7) is 2.39. The molecule has 0 bridgehead atoms. The first-order valence-corrected chi connectivity index (χ1v) is 12.7. The van der Waals surface area contributed by atoms with E-state index in [1.165, 1.54) is 7.11 Å². The van der Waals surface area contributed by atoms with E-state index in [1.807, 2.05) is 6.92 Å². The van der Waals surface area contributed by atoms with E-state index in [0.717, 1.165) is 0 Å². The molecule has 4 rings (SSSR count). The number of carbonyl (C=O) groups is 3. The van der Waals surface area contributed by atoms with Crippen molar-refractivity contribution in [3.63, 3.8) is 0 Å². The van der Waals surface area contributed by atoms with Gasteiger partial charge in [-0.25, -0.2) is 0 Å². The van der Waals surface area contributed by atoms with Crippen molar-refractivity contribution in [1.82, 2.24) is 5.43 Å². The van der Waals surface area contributed by atoms with E-state index in [4.69, 9.17) is 18.9 Å². The maximum absolute atomic E-state index is 12.9. The fourth-order valence-corrected chi connectivity index (χ4v) is 4.19. The molecule has 3 N–H and O–H groups in total. The number of hydrogen-bond acceptors (Lipinski definition) is 8. The van der Waals surface area contributed by atoms with Gasteiger partial charge in [0, 0.05) is 24.3 Å². The molecule has 1 aliphatic heterocycles. The first kappa shape index (κ1) is 28.1. The van der Waals surface area contributed by atoms with Gasteiger partial charge >= 0.3 is 0 Å². The Kier molecular flexibility index (Phi) is 9.29. The van der Waals surface area contributed by atoms with Crippen LogP contribution in [0, 0.1) is 5.92 Å². The number of hydrogen-bond donors (Lipinski definition) is 3. The van der Waals surface area contributed by atoms with Gasteiger partial charge in [0.2, 0.25) is 11.8 Å². The highest BCUT2D eigenvalue weighted by atomic mass is 16.5. The van der Waals surface area contributed by atoms with E-state index in [1.54, 1.807) is 78.7 Å². The van der Waals surface area contributed by atoms with Gasteiger partial charge in [-0.1, -0.05) is 6.07 Å². The normalized spacial score (nSPS) is 14.3. The van der Waals surface area contributed by atoms with Crippen LogP contribution in [0.4, 0.5) is 17.1 Å². The minimum absolute atomic E-state index is 0.0761. The largest absolute Gasteiger partial charge is 0.497 e. The molecule has 3 amide bonds. The molecule has 1 aliphatic rings. The number of hydrazine groups is 1. The molecule has 1 saturated heterocycles. The monoisotopic (exact) mass is 548 g/mol. The lowest BCUT2D eigenvalue weighted by molar-refractivity contribution is -0.125. The van der Waals surface area contributed by atoms with Gasteiger partial charge in [-0.05, 0) is 67.6 Å². The van der Waals surface area contributed by atoms with Crippen LogP contribution in [0.2, 0.25) is 0 Å². The fraction of sp³-hybridized carbons (Fsp3) is 0.276. The van der Waals surface area contributed by atoms with Crippen molar-refractivity contribution in [1.29, 1.82) is 0 Å². The Morgan fingerprint density at radius 2 is 1.65 bits per heavy atom. The highest BCUT2D eigenvalue weighted by Crippen LogP contribution is 2.35. The standard InChI is InChI=1S/C29H32N4O7/c1-4-39-23-12-8-20(9-13-23)30-26(34)18-40-28-24(6-5-7-25(28)38-3)31-32-29(36)19-16-27(35)33(17-19)21-10-14-22(37-2)15-11-21/h5-15,19,31H,4,16-18H2,1-3H3,(H,30,34)(H,32,36)/t19-/m0/s1. The highest BCUT2D eigenvalue weighted by molar-refractivity contribution is 6.00. The number of methoxy groups -OCH3 is 2. The zero-order valence-corrected chi connectivity index (χ0v) is 22.6. The van der Waals surface area contributed by atoms with Gasteiger partial charge in [0.1, 0.15) is 11.5 Å². The number of benzene rings is 3. The summed E-state index contributed by atoms with van der Waals surface area (Å²) in [6.07, 6.45) is 0.0761. The average Bonchev–Trinajstić information content (AvgIpc) is 3.37. The van der Waals surface area contributed by atoms with Crippen LogP contribution in [0.3, 0.4) is 0 Å². The Balaban J connectivity index is 1.34. The minimum atomic E-state index is -0.558. The predicted octanol–water partition coefficient (Wildman–Crippen LogP) is 3.62. The smallest absolute Gasteiger partial charge is 0.262 e. The van der Waals surface area contributed by atoms with Crippen LogP contribution in [0.1, 0.15) is 13.3 Å². The first-order chi connectivity index (χ1) is 19.4. The number of rotatable bonds is 12. The topological polar surface area (TPSA) is 127 Å². The van der Waals surface area contributed by atoms with Crippen molar-refractivity contribution in [2.24, 2.45) is 5.92 Å². The Bertz CT molecular complexity index is 1330. The Hall–Kier alpha value is -4.93. The number of carbonyl (C=O) groups excluding carboxylic acids is 3. The summed E-state index contributed by atoms with van der Waals surface area (Å²) in [5, 5.41) is 2.76. The third-order valence-corrected chi connectivity index (χ3v) is 6.20. The predicted molar refractivity (Wildman–Crippen MR) is 150 cm³/mol. The first-order valence-electron chi connectivity index (χ1n) is 12.7. The zero-order chi connectivity index (χ0) is 28.5. The van der Waals surface area contributed by atoms with Crippen LogP contribution in [0.15, 0.2) is 66.7 Å². The summed E-state index contributed by atoms with van der Waals surface area (Å²) >= 11 is 0. The highest BCUT2D eigenvalue weighted by Gasteiger charge is 2.35. The van der Waals surface area contributed by atoms with E-state index in [-0.39, 0.29) is 43.0 Å². The lowest BCUT2D eigenvalue weighted by Crippen LogP contribution is -2.36. The van der Waals surface area contributed by atoms with E-state index >= 15 is 0 Å². The lowest BCUT2D eigenvalue weighted by atomic mass is 10.1. The van der Waals surface area contributed by atoms with Gasteiger partial charge in [-0.2, -0.15) is 0 Å². The summed E-state index contributed by atoms with van der Waals surface area (Å²) in [5.74, 6) is 0.563. The molecule has 3 aromatic rings. The maximum atomic E-state index is 12.9. The number of para-hydroxylation sites is 1. The van der Waals surface area contributed by atoms with Crippen molar-refractivity contribution in [2.45, 2.75) is 13.3 Å². The van der Waals surface area contributed by atoms with Crippen LogP contribution in [0.5, 0.6) is 23.0 Å². The molecule has 0 radical (unpaired) electrons. The molecule has 3 aromatic carbocycles. The SMILES string of the molecule is CCOc1ccc(NC(=O)COc2c(NNC(=O)[C@H]3CC(=O)N(c4ccc(OC)cc4)C3)cccc2OC)cc1. The minimum Gasteiger partial charge on any atom is -0.497 e. The van der Waals surface area contributed by atoms with Crippen LogP contribution in [-0.4, -0.2) is 51.7 Å². The number of anilines is 3. The molecule has 210 valence electrons. The molecule has 40 heavy (non-hydrogen) atoms. The second-order valence-electron chi connectivity index (χ2n) is 8.85. The van der Waals surface area contributed by atoms with Crippen LogP contribution >= 0.6 is 0 Å². The summed E-state index contributed by atoms with van der Waals surface area (Å²) in [4.78, 5) is 39.6. The van der Waals surface area contributed by atoms with Gasteiger partial charge in [-0.15, -0.1) is 0 Å². The molecular formula is C29H32N4O7. The van der Waals surface area contributed by atoms with E-state index in [9.17, 15) is 14.4 Å². The fourth-order valence-electron chi connectivity index (χ4n) is 4.19. The summed E-state index contributed by atoms with van der Waals surface area (Å²) in [7, 11) is 3.04. The van der Waals surface area contributed by atoms with Crippen molar-refractivity contribution in [2.75, 3.05) is 49.6 Å². The van der Waals surface area contributed by atoms with Gasteiger partial charge in [0.05, 0.1) is 32.4 Å². The Labute approximate surface area is 232 Å². The molecule has 1 heterocycles. The summed E-state index contributed by atoms with van der Waals surface area (Å²) in [5.41, 5.74) is 7.17. The number of nitrogens with zero attached hydrogens (tertiary/aromatic N) is 1. The summed E-state index contributed by atoms with van der Waals surface area (Å²) < 4.78 is 21.7. The number of ether oxygens (including phenoxy) is 4. The van der Waals surface area contributed by atoms with Gasteiger partial charge in [-0.3, -0.25) is 25.2 Å². The summed E-state index contributed by atoms with van der Waals surface area (Å²) in [6, 6.07) is 19.1. The molecule has 0 saturated carbocycles. The van der Waals surface area contributed by atoms with Crippen molar-refractivity contribution >= 4 is 34.8 Å².